The molecule has 100 valence electrons. The molecule has 0 radical (unpaired) electrons. The Hall–Kier alpha value is -2.37. The zero-order chi connectivity index (χ0) is 14.2. The van der Waals surface area contributed by atoms with Gasteiger partial charge in [0.2, 0.25) is 0 Å². The number of aryl methyl sites for hydroxylation is 1. The van der Waals surface area contributed by atoms with Crippen LogP contribution < -0.4 is 5.73 Å². The van der Waals surface area contributed by atoms with E-state index in [2.05, 4.69) is 9.84 Å². The van der Waals surface area contributed by atoms with Crippen LogP contribution in [0.4, 0.5) is 10.2 Å². The van der Waals surface area contributed by atoms with E-state index >= 15 is 0 Å². The SMILES string of the molecule is COC(=O)c1cc(-c2cnn(C)c2N)cc(F)c1C. The van der Waals surface area contributed by atoms with E-state index in [1.807, 2.05) is 0 Å². The van der Waals surface area contributed by atoms with E-state index in [1.165, 1.54) is 31.0 Å². The van der Waals surface area contributed by atoms with Crippen LogP contribution in [0.5, 0.6) is 0 Å². The number of nitrogens with zero attached hydrogens (tertiary/aromatic N) is 2. The molecule has 1 aromatic heterocycles. The second-order valence-electron chi connectivity index (χ2n) is 4.19. The molecule has 1 heterocycles. The molecule has 6 heteroatoms. The fraction of sp³-hybridized carbons (Fsp3) is 0.231. The van der Waals surface area contributed by atoms with Crippen molar-refractivity contribution < 1.29 is 13.9 Å². The third-order valence-corrected chi connectivity index (χ3v) is 3.05. The van der Waals surface area contributed by atoms with E-state index in [-0.39, 0.29) is 11.1 Å². The number of hydrogen-bond acceptors (Lipinski definition) is 4. The second-order valence-corrected chi connectivity index (χ2v) is 4.19. The van der Waals surface area contributed by atoms with Crippen LogP contribution in [0, 0.1) is 12.7 Å². The first kappa shape index (κ1) is 13.1. The molecule has 19 heavy (non-hydrogen) atoms. The minimum absolute atomic E-state index is 0.181. The maximum atomic E-state index is 13.9. The molecular formula is C13H14FN3O2. The normalized spacial score (nSPS) is 10.5. The second kappa shape index (κ2) is 4.72. The number of ether oxygens (including phenoxy) is 1. The fourth-order valence-corrected chi connectivity index (χ4v) is 1.83. The minimum atomic E-state index is -0.583. The van der Waals surface area contributed by atoms with Gasteiger partial charge in [0, 0.05) is 12.6 Å². The Bertz CT molecular complexity index is 650. The van der Waals surface area contributed by atoms with Crippen LogP contribution in [-0.2, 0) is 11.8 Å². The van der Waals surface area contributed by atoms with Crippen molar-refractivity contribution in [3.8, 4) is 11.1 Å². The number of carbonyl (C=O) groups is 1. The lowest BCUT2D eigenvalue weighted by Gasteiger charge is -2.08. The summed E-state index contributed by atoms with van der Waals surface area (Å²) in [6, 6.07) is 2.88. The fourth-order valence-electron chi connectivity index (χ4n) is 1.83. The highest BCUT2D eigenvalue weighted by molar-refractivity contribution is 5.93. The van der Waals surface area contributed by atoms with Gasteiger partial charge in [0.25, 0.3) is 0 Å². The number of halogens is 1. The van der Waals surface area contributed by atoms with Crippen LogP contribution in [0.3, 0.4) is 0 Å². The number of benzene rings is 1. The van der Waals surface area contributed by atoms with E-state index in [0.29, 0.717) is 16.9 Å². The Morgan fingerprint density at radius 1 is 1.47 bits per heavy atom. The first-order chi connectivity index (χ1) is 8.95. The molecule has 0 saturated heterocycles. The van der Waals surface area contributed by atoms with Gasteiger partial charge >= 0.3 is 5.97 Å². The molecule has 0 unspecified atom stereocenters. The summed E-state index contributed by atoms with van der Waals surface area (Å²) in [5.74, 6) is -0.666. The van der Waals surface area contributed by atoms with Crippen molar-refractivity contribution in [1.82, 2.24) is 9.78 Å². The van der Waals surface area contributed by atoms with Crippen molar-refractivity contribution in [2.75, 3.05) is 12.8 Å². The first-order valence-corrected chi connectivity index (χ1v) is 5.62. The van der Waals surface area contributed by atoms with Crippen molar-refractivity contribution >= 4 is 11.8 Å². The number of anilines is 1. The summed E-state index contributed by atoms with van der Waals surface area (Å²) in [7, 11) is 2.94. The molecule has 0 fully saturated rings. The van der Waals surface area contributed by atoms with Crippen LogP contribution in [0.2, 0.25) is 0 Å². The average molecular weight is 263 g/mol. The number of nitrogens with two attached hydrogens (primary N) is 1. The van der Waals surface area contributed by atoms with E-state index in [9.17, 15) is 9.18 Å². The summed E-state index contributed by atoms with van der Waals surface area (Å²) in [6.45, 7) is 1.53. The Morgan fingerprint density at radius 3 is 2.68 bits per heavy atom. The number of hydrogen-bond donors (Lipinski definition) is 1. The number of aromatic nitrogens is 2. The third kappa shape index (κ3) is 2.16. The van der Waals surface area contributed by atoms with Crippen LogP contribution in [-0.4, -0.2) is 22.9 Å². The molecular weight excluding hydrogens is 249 g/mol. The summed E-state index contributed by atoms with van der Waals surface area (Å²) in [5.41, 5.74) is 7.34. The zero-order valence-electron chi connectivity index (χ0n) is 10.9. The molecule has 0 aliphatic heterocycles. The molecule has 0 aliphatic carbocycles. The van der Waals surface area contributed by atoms with Crippen LogP contribution in [0.1, 0.15) is 15.9 Å². The molecule has 0 spiro atoms. The largest absolute Gasteiger partial charge is 0.465 e. The van der Waals surface area contributed by atoms with Gasteiger partial charge in [-0.25, -0.2) is 9.18 Å². The lowest BCUT2D eigenvalue weighted by atomic mass is 10.0. The highest BCUT2D eigenvalue weighted by Gasteiger charge is 2.17. The van der Waals surface area contributed by atoms with Crippen LogP contribution in [0.15, 0.2) is 18.3 Å². The van der Waals surface area contributed by atoms with Crippen LogP contribution >= 0.6 is 0 Å². The van der Waals surface area contributed by atoms with E-state index < -0.39 is 11.8 Å². The third-order valence-electron chi connectivity index (χ3n) is 3.05. The maximum absolute atomic E-state index is 13.9. The summed E-state index contributed by atoms with van der Waals surface area (Å²) >= 11 is 0. The van der Waals surface area contributed by atoms with E-state index in [4.69, 9.17) is 5.73 Å². The van der Waals surface area contributed by atoms with Crippen molar-refractivity contribution in [2.45, 2.75) is 6.92 Å². The monoisotopic (exact) mass is 263 g/mol. The van der Waals surface area contributed by atoms with Gasteiger partial charge in [0.05, 0.1) is 18.9 Å². The molecule has 0 bridgehead atoms. The highest BCUT2D eigenvalue weighted by atomic mass is 19.1. The number of carbonyl (C=O) groups excluding carboxylic acids is 1. The van der Waals surface area contributed by atoms with Gasteiger partial charge in [-0.15, -0.1) is 0 Å². The van der Waals surface area contributed by atoms with Gasteiger partial charge in [-0.2, -0.15) is 5.10 Å². The van der Waals surface area contributed by atoms with Crippen molar-refractivity contribution in [1.29, 1.82) is 0 Å². The summed E-state index contributed by atoms with van der Waals surface area (Å²) in [4.78, 5) is 11.6. The topological polar surface area (TPSA) is 70.1 Å². The average Bonchev–Trinajstić information content (AvgIpc) is 2.72. The minimum Gasteiger partial charge on any atom is -0.465 e. The molecule has 2 rings (SSSR count). The summed E-state index contributed by atoms with van der Waals surface area (Å²) < 4.78 is 20.0. The Labute approximate surface area is 109 Å². The van der Waals surface area contributed by atoms with Crippen molar-refractivity contribution in [3.05, 3.63) is 35.3 Å². The zero-order valence-corrected chi connectivity index (χ0v) is 10.9. The molecule has 0 saturated carbocycles. The molecule has 0 aliphatic rings. The number of methoxy groups -OCH3 is 1. The Kier molecular flexibility index (Phi) is 3.25. The van der Waals surface area contributed by atoms with Gasteiger partial charge in [-0.3, -0.25) is 4.68 Å². The lowest BCUT2D eigenvalue weighted by molar-refractivity contribution is 0.0599. The predicted molar refractivity (Wildman–Crippen MR) is 69.1 cm³/mol. The molecule has 2 aromatic rings. The first-order valence-electron chi connectivity index (χ1n) is 5.62. The van der Waals surface area contributed by atoms with Gasteiger partial charge < -0.3 is 10.5 Å². The summed E-state index contributed by atoms with van der Waals surface area (Å²) in [5, 5.41) is 3.99. The molecule has 1 aromatic carbocycles. The number of rotatable bonds is 2. The standard InChI is InChI=1S/C13H14FN3O2/c1-7-9(13(18)19-3)4-8(5-11(7)14)10-6-16-17(2)12(10)15/h4-6H,15H2,1-3H3. The summed E-state index contributed by atoms with van der Waals surface area (Å²) in [6.07, 6.45) is 1.53. The van der Waals surface area contributed by atoms with Gasteiger partial charge in [-0.05, 0) is 30.2 Å². The van der Waals surface area contributed by atoms with Crippen molar-refractivity contribution in [3.63, 3.8) is 0 Å². The van der Waals surface area contributed by atoms with Gasteiger partial charge in [-0.1, -0.05) is 0 Å². The van der Waals surface area contributed by atoms with E-state index in [1.54, 1.807) is 13.1 Å². The molecule has 0 atom stereocenters. The van der Waals surface area contributed by atoms with Crippen LogP contribution in [0.25, 0.3) is 11.1 Å². The number of esters is 1. The number of nitrogen functional groups attached to an aromatic ring is 1. The molecule has 0 amide bonds. The molecule has 2 N–H and O–H groups in total. The Balaban J connectivity index is 2.63. The quantitative estimate of drug-likeness (QED) is 0.840. The Morgan fingerprint density at radius 2 is 2.16 bits per heavy atom. The van der Waals surface area contributed by atoms with E-state index in [0.717, 1.165) is 0 Å². The smallest absolute Gasteiger partial charge is 0.338 e. The van der Waals surface area contributed by atoms with Gasteiger partial charge in [0.1, 0.15) is 11.6 Å². The lowest BCUT2D eigenvalue weighted by Crippen LogP contribution is -2.06. The van der Waals surface area contributed by atoms with Crippen molar-refractivity contribution in [2.24, 2.45) is 7.05 Å². The molecule has 5 nitrogen and oxygen atoms in total. The highest BCUT2D eigenvalue weighted by Crippen LogP contribution is 2.28. The van der Waals surface area contributed by atoms with Gasteiger partial charge in [0.15, 0.2) is 0 Å². The predicted octanol–water partition coefficient (Wildman–Crippen LogP) is 1.90. The maximum Gasteiger partial charge on any atom is 0.338 e.